The Hall–Kier alpha value is -1.69. The molecule has 1 amide bonds. The summed E-state index contributed by atoms with van der Waals surface area (Å²) in [6, 6.07) is 9.48. The van der Waals surface area contributed by atoms with E-state index in [0.29, 0.717) is 11.2 Å². The quantitative estimate of drug-likeness (QED) is 0.655. The lowest BCUT2D eigenvalue weighted by Crippen LogP contribution is -2.50. The van der Waals surface area contributed by atoms with Crippen molar-refractivity contribution >= 4 is 29.3 Å². The van der Waals surface area contributed by atoms with Gasteiger partial charge in [-0.2, -0.15) is 11.8 Å². The van der Waals surface area contributed by atoms with E-state index in [4.69, 9.17) is 0 Å². The summed E-state index contributed by atoms with van der Waals surface area (Å²) in [5.41, 5.74) is 0.809. The Morgan fingerprint density at radius 2 is 2.13 bits per heavy atom. The number of nitrogens with one attached hydrogen (secondary N) is 2. The molecule has 1 aromatic rings. The van der Waals surface area contributed by atoms with E-state index in [2.05, 4.69) is 34.4 Å². The van der Waals surface area contributed by atoms with E-state index in [9.17, 15) is 4.79 Å². The van der Waals surface area contributed by atoms with Gasteiger partial charge < -0.3 is 15.5 Å². The Balaban J connectivity index is 1.84. The molecule has 2 N–H and O–H groups in total. The number of nitrogens with zero attached hydrogens (tertiary/aromatic N) is 2. The van der Waals surface area contributed by atoms with Gasteiger partial charge in [0, 0.05) is 36.8 Å². The maximum Gasteiger partial charge on any atom is 0.243 e. The summed E-state index contributed by atoms with van der Waals surface area (Å²) in [6.07, 6.45) is 0. The minimum absolute atomic E-state index is 0.0656. The smallest absolute Gasteiger partial charge is 0.243 e. The Morgan fingerprint density at radius 3 is 2.78 bits per heavy atom. The molecule has 0 saturated carbocycles. The van der Waals surface area contributed by atoms with Gasteiger partial charge in [-0.15, -0.1) is 0 Å². The summed E-state index contributed by atoms with van der Waals surface area (Å²) in [5, 5.41) is 6.66. The van der Waals surface area contributed by atoms with Crippen molar-refractivity contribution in [1.82, 2.24) is 10.2 Å². The van der Waals surface area contributed by atoms with E-state index in [-0.39, 0.29) is 12.5 Å². The Morgan fingerprint density at radius 1 is 1.39 bits per heavy atom. The summed E-state index contributed by atoms with van der Waals surface area (Å²) in [4.78, 5) is 18.6. The average molecular weight is 334 g/mol. The second-order valence-electron chi connectivity index (χ2n) is 5.91. The lowest BCUT2D eigenvalue weighted by atomic mass is 10.1. The SMILES string of the molecule is CN=C(NCC(=O)Nc1ccccc1)N1CCSC(C(C)C)C1. The normalized spacial score (nSPS) is 18.9. The highest BCUT2D eigenvalue weighted by Crippen LogP contribution is 2.24. The van der Waals surface area contributed by atoms with Crippen molar-refractivity contribution in [3.05, 3.63) is 30.3 Å². The highest BCUT2D eigenvalue weighted by Gasteiger charge is 2.24. The van der Waals surface area contributed by atoms with E-state index in [1.54, 1.807) is 7.05 Å². The van der Waals surface area contributed by atoms with Gasteiger partial charge in [-0.1, -0.05) is 32.0 Å². The largest absolute Gasteiger partial charge is 0.347 e. The molecule has 1 aliphatic heterocycles. The molecule has 5 nitrogen and oxygen atoms in total. The van der Waals surface area contributed by atoms with E-state index in [0.717, 1.165) is 30.5 Å². The van der Waals surface area contributed by atoms with Crippen LogP contribution in [-0.2, 0) is 4.79 Å². The molecule has 0 aliphatic carbocycles. The molecule has 23 heavy (non-hydrogen) atoms. The Bertz CT molecular complexity index is 533. The molecule has 1 aliphatic rings. The zero-order valence-corrected chi connectivity index (χ0v) is 14.9. The van der Waals surface area contributed by atoms with Crippen LogP contribution in [0.3, 0.4) is 0 Å². The molecule has 1 aromatic carbocycles. The number of amides is 1. The van der Waals surface area contributed by atoms with Crippen molar-refractivity contribution in [2.24, 2.45) is 10.9 Å². The number of guanidine groups is 1. The lowest BCUT2D eigenvalue weighted by molar-refractivity contribution is -0.115. The third-order valence-electron chi connectivity index (χ3n) is 3.81. The standard InChI is InChI=1S/C17H26N4OS/c1-13(2)15-12-21(9-10-23-15)17(18-3)19-11-16(22)20-14-7-5-4-6-8-14/h4-8,13,15H,9-12H2,1-3H3,(H,18,19)(H,20,22). The summed E-state index contributed by atoms with van der Waals surface area (Å²) in [6.45, 7) is 6.67. The van der Waals surface area contributed by atoms with E-state index in [1.807, 2.05) is 42.1 Å². The van der Waals surface area contributed by atoms with E-state index >= 15 is 0 Å². The fourth-order valence-electron chi connectivity index (χ4n) is 2.49. The first-order valence-electron chi connectivity index (χ1n) is 8.02. The zero-order valence-electron chi connectivity index (χ0n) is 14.1. The second-order valence-corrected chi connectivity index (χ2v) is 7.26. The highest BCUT2D eigenvalue weighted by atomic mass is 32.2. The van der Waals surface area contributed by atoms with Crippen LogP contribution < -0.4 is 10.6 Å². The van der Waals surface area contributed by atoms with Gasteiger partial charge in [-0.05, 0) is 18.1 Å². The first kappa shape index (κ1) is 17.7. The molecular formula is C17H26N4OS. The maximum absolute atomic E-state index is 12.0. The molecule has 1 saturated heterocycles. The van der Waals surface area contributed by atoms with Crippen molar-refractivity contribution in [2.45, 2.75) is 19.1 Å². The number of hydrogen-bond acceptors (Lipinski definition) is 3. The molecule has 1 unspecified atom stereocenters. The number of hydrogen-bond donors (Lipinski definition) is 2. The van der Waals surface area contributed by atoms with Gasteiger partial charge in [0.2, 0.25) is 5.91 Å². The lowest BCUT2D eigenvalue weighted by Gasteiger charge is -2.36. The minimum Gasteiger partial charge on any atom is -0.347 e. The molecule has 126 valence electrons. The molecule has 2 rings (SSSR count). The number of anilines is 1. The number of carbonyl (C=O) groups excluding carboxylic acids is 1. The Labute approximate surface area is 142 Å². The van der Waals surface area contributed by atoms with Crippen LogP contribution in [0.2, 0.25) is 0 Å². The third-order valence-corrected chi connectivity index (χ3v) is 5.35. The highest BCUT2D eigenvalue weighted by molar-refractivity contribution is 8.00. The summed E-state index contributed by atoms with van der Waals surface area (Å²) in [7, 11) is 1.77. The number of thioether (sulfide) groups is 1. The fraction of sp³-hybridized carbons (Fsp3) is 0.529. The van der Waals surface area contributed by atoms with Crippen molar-refractivity contribution < 1.29 is 4.79 Å². The van der Waals surface area contributed by atoms with Crippen LogP contribution in [0.5, 0.6) is 0 Å². The van der Waals surface area contributed by atoms with Crippen LogP contribution in [0.15, 0.2) is 35.3 Å². The van der Waals surface area contributed by atoms with Gasteiger partial charge in [0.1, 0.15) is 0 Å². The summed E-state index contributed by atoms with van der Waals surface area (Å²) < 4.78 is 0. The van der Waals surface area contributed by atoms with Crippen LogP contribution in [0, 0.1) is 5.92 Å². The van der Waals surface area contributed by atoms with E-state index < -0.39 is 0 Å². The third kappa shape index (κ3) is 5.46. The number of rotatable bonds is 4. The number of benzene rings is 1. The van der Waals surface area contributed by atoms with Gasteiger partial charge in [-0.25, -0.2) is 0 Å². The monoisotopic (exact) mass is 334 g/mol. The van der Waals surface area contributed by atoms with Crippen LogP contribution in [0.25, 0.3) is 0 Å². The van der Waals surface area contributed by atoms with Gasteiger partial charge in [0.25, 0.3) is 0 Å². The van der Waals surface area contributed by atoms with Gasteiger partial charge >= 0.3 is 0 Å². The van der Waals surface area contributed by atoms with Crippen LogP contribution >= 0.6 is 11.8 Å². The maximum atomic E-state index is 12.0. The number of aliphatic imine (C=N–C) groups is 1. The second kappa shape index (κ2) is 8.82. The van der Waals surface area contributed by atoms with Crippen molar-refractivity contribution in [1.29, 1.82) is 0 Å². The minimum atomic E-state index is -0.0656. The van der Waals surface area contributed by atoms with Gasteiger partial charge in [0.15, 0.2) is 5.96 Å². The Kier molecular flexibility index (Phi) is 6.77. The summed E-state index contributed by atoms with van der Waals surface area (Å²) >= 11 is 2.03. The molecule has 0 spiro atoms. The first-order valence-corrected chi connectivity index (χ1v) is 9.07. The van der Waals surface area contributed by atoms with Crippen LogP contribution in [0.1, 0.15) is 13.8 Å². The molecule has 0 aromatic heterocycles. The fourth-order valence-corrected chi connectivity index (χ4v) is 3.79. The number of carbonyl (C=O) groups is 1. The van der Waals surface area contributed by atoms with Crippen LogP contribution in [0.4, 0.5) is 5.69 Å². The molecular weight excluding hydrogens is 308 g/mol. The topological polar surface area (TPSA) is 56.7 Å². The summed E-state index contributed by atoms with van der Waals surface area (Å²) in [5.74, 6) is 2.48. The van der Waals surface area contributed by atoms with Gasteiger partial charge in [0.05, 0.1) is 6.54 Å². The molecule has 1 fully saturated rings. The number of para-hydroxylation sites is 1. The predicted octanol–water partition coefficient (Wildman–Crippen LogP) is 2.27. The predicted molar refractivity (Wildman–Crippen MR) is 99.1 cm³/mol. The average Bonchev–Trinajstić information content (AvgIpc) is 2.56. The zero-order chi connectivity index (χ0) is 16.7. The molecule has 0 bridgehead atoms. The molecule has 1 heterocycles. The van der Waals surface area contributed by atoms with E-state index in [1.165, 1.54) is 0 Å². The molecule has 0 radical (unpaired) electrons. The first-order chi connectivity index (χ1) is 11.1. The van der Waals surface area contributed by atoms with Crippen molar-refractivity contribution in [3.63, 3.8) is 0 Å². The molecule has 6 heteroatoms. The van der Waals surface area contributed by atoms with Gasteiger partial charge in [-0.3, -0.25) is 9.79 Å². The van der Waals surface area contributed by atoms with Crippen molar-refractivity contribution in [2.75, 3.05) is 37.8 Å². The van der Waals surface area contributed by atoms with Crippen LogP contribution in [-0.4, -0.2) is 54.5 Å². The molecule has 1 atom stereocenters. The van der Waals surface area contributed by atoms with Crippen molar-refractivity contribution in [3.8, 4) is 0 Å².